The number of carboxylic acid groups (broad SMARTS) is 1. The van der Waals surface area contributed by atoms with Gasteiger partial charge in [0, 0.05) is 88.9 Å². The number of likely N-dealkylation sites (N-methyl/N-ethyl adjacent to an activating group) is 2. The van der Waals surface area contributed by atoms with Crippen molar-refractivity contribution < 1.29 is 24.3 Å². The van der Waals surface area contributed by atoms with Gasteiger partial charge in [0.2, 0.25) is 11.8 Å². The second-order valence-electron chi connectivity index (χ2n) is 16.2. The number of hydrogen-bond donors (Lipinski definition) is 4. The molecule has 4 atom stereocenters. The fraction of sp³-hybridized carbons (Fsp3) is 0.409. The number of hydrogen-bond acceptors (Lipinski definition) is 9. The number of likely N-dealkylation sites (tertiary alicyclic amines) is 1. The molecule has 3 amide bonds. The van der Waals surface area contributed by atoms with Crippen molar-refractivity contribution in [3.8, 4) is 0 Å². The van der Waals surface area contributed by atoms with Gasteiger partial charge in [-0.3, -0.25) is 14.4 Å². The van der Waals surface area contributed by atoms with E-state index in [1.807, 2.05) is 66.5 Å². The number of rotatable bonds is 6. The predicted octanol–water partition coefficient (Wildman–Crippen LogP) is 6.88. The Morgan fingerprint density at radius 3 is 1.67 bits per heavy atom. The lowest BCUT2D eigenvalue weighted by atomic mass is 9.89. The van der Waals surface area contributed by atoms with E-state index in [-0.39, 0.29) is 52.8 Å². The van der Waals surface area contributed by atoms with E-state index in [2.05, 4.69) is 39.8 Å². The molecule has 2 aromatic carbocycles. The molecule has 320 valence electrons. The van der Waals surface area contributed by atoms with Crippen molar-refractivity contribution in [3.63, 3.8) is 0 Å². The highest BCUT2D eigenvalue weighted by Gasteiger charge is 2.37. The first-order valence-electron chi connectivity index (χ1n) is 19.7. The number of benzene rings is 2. The summed E-state index contributed by atoms with van der Waals surface area (Å²) in [6, 6.07) is 19.6. The molecular weight excluding hydrogens is 827 g/mol. The van der Waals surface area contributed by atoms with Crippen LogP contribution in [0.15, 0.2) is 73.1 Å². The number of carbonyl (C=O) groups is 4. The minimum atomic E-state index is -0.958. The smallest absolute Gasteiger partial charge is 0.337 e. The third-order valence-corrected chi connectivity index (χ3v) is 12.3. The molecule has 13 nitrogen and oxygen atoms in total. The van der Waals surface area contributed by atoms with Gasteiger partial charge in [-0.2, -0.15) is 0 Å². The van der Waals surface area contributed by atoms with Gasteiger partial charge in [0.25, 0.3) is 5.91 Å². The quantitative estimate of drug-likeness (QED) is 0.161. The molecule has 0 aliphatic carbocycles. The average Bonchev–Trinajstić information content (AvgIpc) is 4.03. The molecule has 8 rings (SSSR count). The van der Waals surface area contributed by atoms with Gasteiger partial charge in [0.1, 0.15) is 11.6 Å². The van der Waals surface area contributed by atoms with E-state index in [1.54, 1.807) is 43.0 Å². The fourth-order valence-electron chi connectivity index (χ4n) is 8.02. The van der Waals surface area contributed by atoms with Crippen LogP contribution >= 0.6 is 35.6 Å². The Bertz CT molecular complexity index is 2200. The zero-order chi connectivity index (χ0) is 42.6. The van der Waals surface area contributed by atoms with Gasteiger partial charge in [-0.1, -0.05) is 47.5 Å². The number of anilines is 2. The molecule has 0 radical (unpaired) electrons. The number of pyridine rings is 2. The fourth-order valence-corrected chi connectivity index (χ4v) is 8.27. The van der Waals surface area contributed by atoms with E-state index in [4.69, 9.17) is 28.3 Å². The van der Waals surface area contributed by atoms with E-state index in [9.17, 15) is 19.2 Å². The molecule has 4 aromatic rings. The summed E-state index contributed by atoms with van der Waals surface area (Å²) in [6.07, 6.45) is 6.35. The molecule has 4 aliphatic heterocycles. The predicted molar refractivity (Wildman–Crippen MR) is 237 cm³/mol. The van der Waals surface area contributed by atoms with Crippen LogP contribution in [0, 0.1) is 0 Å². The summed E-state index contributed by atoms with van der Waals surface area (Å²) in [4.78, 5) is 60.5. The van der Waals surface area contributed by atoms with Gasteiger partial charge in [0.05, 0.1) is 28.2 Å². The lowest BCUT2D eigenvalue weighted by molar-refractivity contribution is -0.130. The number of aromatic carboxylic acids is 1. The topological polar surface area (TPSA) is 160 Å². The van der Waals surface area contributed by atoms with Gasteiger partial charge >= 0.3 is 5.97 Å². The molecule has 0 spiro atoms. The lowest BCUT2D eigenvalue weighted by Crippen LogP contribution is -2.38. The van der Waals surface area contributed by atoms with Crippen LogP contribution in [-0.4, -0.2) is 106 Å². The molecule has 4 aliphatic rings. The number of nitrogens with zero attached hydrogens (tertiary/aromatic N) is 5. The first-order chi connectivity index (χ1) is 28.0. The number of halogens is 3. The first-order valence-corrected chi connectivity index (χ1v) is 20.5. The van der Waals surface area contributed by atoms with Gasteiger partial charge < -0.3 is 35.8 Å². The van der Waals surface area contributed by atoms with Crippen LogP contribution in [0.1, 0.15) is 83.5 Å². The van der Waals surface area contributed by atoms with E-state index in [0.29, 0.717) is 41.2 Å². The van der Waals surface area contributed by atoms with Crippen LogP contribution in [0.25, 0.3) is 0 Å². The standard InChI is InChI=1S/C22H25ClN4O2.C15H13ClN2O2.C7H14N2O.ClH/c1-14(28)26(3)19-8-9-27(13-19)21(29)16-10-15-11-22(2,25-20(15)24-12-16)17-4-6-18(23)7-5-17;1-15(11-2-4-12(16)5-3-11)7-9-6-10(14(19)20)8-17-13(9)18-15;1-6(10)9(2)7-3-4-8-5-7;/h4-7,10,12,19H,8-9,11,13H2,1-3H3,(H,24,25);2-6,8H,7H2,1H3,(H,17,18)(H,19,20);7-8H,3-5H2,1-2H3;1H/t19-,22?;;7-;/m0.0./s1. The molecule has 2 aromatic heterocycles. The summed E-state index contributed by atoms with van der Waals surface area (Å²) in [5, 5.41) is 20.5. The molecule has 2 unspecified atom stereocenters. The molecular formula is C44H53Cl3N8O5. The van der Waals surface area contributed by atoms with Crippen LogP contribution in [-0.2, 0) is 33.5 Å². The van der Waals surface area contributed by atoms with Crippen molar-refractivity contribution in [1.82, 2.24) is 30.0 Å². The highest BCUT2D eigenvalue weighted by molar-refractivity contribution is 6.30. The summed E-state index contributed by atoms with van der Waals surface area (Å²) in [5.74, 6) is 0.757. The molecule has 0 bridgehead atoms. The highest BCUT2D eigenvalue weighted by atomic mass is 35.5. The Morgan fingerprint density at radius 1 is 0.750 bits per heavy atom. The van der Waals surface area contributed by atoms with Gasteiger partial charge in [-0.25, -0.2) is 14.8 Å². The number of nitrogens with one attached hydrogen (secondary N) is 3. The summed E-state index contributed by atoms with van der Waals surface area (Å²) in [6.45, 7) is 10.6. The van der Waals surface area contributed by atoms with Crippen molar-refractivity contribution in [1.29, 1.82) is 0 Å². The minimum absolute atomic E-state index is 0. The molecule has 0 saturated carbocycles. The Morgan fingerprint density at radius 2 is 1.22 bits per heavy atom. The second kappa shape index (κ2) is 19.2. The lowest BCUT2D eigenvalue weighted by Gasteiger charge is -2.25. The Balaban J connectivity index is 0.000000190. The van der Waals surface area contributed by atoms with Crippen molar-refractivity contribution in [2.75, 3.05) is 50.9 Å². The van der Waals surface area contributed by atoms with Gasteiger partial charge in [-0.05, 0) is 91.9 Å². The molecule has 2 fully saturated rings. The van der Waals surface area contributed by atoms with E-state index in [1.165, 1.54) is 6.20 Å². The third kappa shape index (κ3) is 10.5. The Labute approximate surface area is 367 Å². The van der Waals surface area contributed by atoms with Gasteiger partial charge in [-0.15, -0.1) is 12.4 Å². The second-order valence-corrected chi connectivity index (χ2v) is 17.0. The molecule has 2 saturated heterocycles. The van der Waals surface area contributed by atoms with E-state index in [0.717, 1.165) is 66.2 Å². The number of carbonyl (C=O) groups excluding carboxylic acids is 3. The zero-order valence-electron chi connectivity index (χ0n) is 34.7. The third-order valence-electron chi connectivity index (χ3n) is 11.8. The van der Waals surface area contributed by atoms with E-state index < -0.39 is 5.97 Å². The average molecular weight is 880 g/mol. The summed E-state index contributed by atoms with van der Waals surface area (Å²) < 4.78 is 0. The van der Waals surface area contributed by atoms with Crippen LogP contribution in [0.4, 0.5) is 11.6 Å². The maximum atomic E-state index is 13.0. The van der Waals surface area contributed by atoms with Crippen molar-refractivity contribution in [2.45, 2.75) is 76.5 Å². The number of carboxylic acids is 1. The first kappa shape index (κ1) is 46.1. The molecule has 4 N–H and O–H groups in total. The maximum Gasteiger partial charge on any atom is 0.337 e. The highest BCUT2D eigenvalue weighted by Crippen LogP contribution is 2.40. The zero-order valence-corrected chi connectivity index (χ0v) is 37.0. The molecule has 6 heterocycles. The molecule has 60 heavy (non-hydrogen) atoms. The van der Waals surface area contributed by atoms with E-state index >= 15 is 0 Å². The maximum absolute atomic E-state index is 13.0. The Kier molecular flexibility index (Phi) is 14.7. The SMILES string of the molecule is CC(=O)N(C)[C@H]1CCN(C(=O)c2cnc3c(c2)CC(C)(c2ccc(Cl)cc2)N3)C1.CC(=O)N(C)[C@H]1CCNC1.CC1(c2ccc(Cl)cc2)Cc2cc(C(=O)O)cnc2N1.Cl. The summed E-state index contributed by atoms with van der Waals surface area (Å²) in [7, 11) is 3.65. The van der Waals surface area contributed by atoms with Crippen LogP contribution < -0.4 is 16.0 Å². The van der Waals surface area contributed by atoms with Crippen molar-refractivity contribution in [2.24, 2.45) is 0 Å². The summed E-state index contributed by atoms with van der Waals surface area (Å²) >= 11 is 11.9. The monoisotopic (exact) mass is 878 g/mol. The van der Waals surface area contributed by atoms with Crippen LogP contribution in [0.5, 0.6) is 0 Å². The minimum Gasteiger partial charge on any atom is -0.478 e. The molecule has 16 heteroatoms. The Hall–Kier alpha value is -4.95. The van der Waals surface area contributed by atoms with Gasteiger partial charge in [0.15, 0.2) is 0 Å². The largest absolute Gasteiger partial charge is 0.478 e. The van der Waals surface area contributed by atoms with Crippen molar-refractivity contribution >= 4 is 70.9 Å². The number of fused-ring (bicyclic) bond motifs is 2. The number of aromatic nitrogens is 2. The van der Waals surface area contributed by atoms with Crippen LogP contribution in [0.2, 0.25) is 10.0 Å². The number of amides is 3. The normalized spacial score (nSPS) is 22.0. The summed E-state index contributed by atoms with van der Waals surface area (Å²) in [5.41, 5.74) is 4.40. The van der Waals surface area contributed by atoms with Crippen molar-refractivity contribution in [3.05, 3.63) is 116 Å². The van der Waals surface area contributed by atoms with Crippen LogP contribution in [0.3, 0.4) is 0 Å².